The largest absolute Gasteiger partial charge is 0.0625 e. The van der Waals surface area contributed by atoms with Crippen LogP contribution in [-0.2, 0) is 6.42 Å². The van der Waals surface area contributed by atoms with Crippen LogP contribution in [0.1, 0.15) is 25.0 Å². The highest BCUT2D eigenvalue weighted by Crippen LogP contribution is 2.25. The molecule has 0 unspecified atom stereocenters. The second-order valence-corrected chi connectivity index (χ2v) is 5.11. The van der Waals surface area contributed by atoms with Crippen molar-refractivity contribution in [3.05, 3.63) is 59.7 Å². The van der Waals surface area contributed by atoms with Crippen molar-refractivity contribution in [1.29, 1.82) is 0 Å². The predicted octanol–water partition coefficient (Wildman–Crippen LogP) is 4.86. The van der Waals surface area contributed by atoms with Crippen molar-refractivity contribution in [2.24, 2.45) is 5.92 Å². The van der Waals surface area contributed by atoms with Gasteiger partial charge in [-0.3, -0.25) is 0 Å². The van der Waals surface area contributed by atoms with E-state index in [1.165, 1.54) is 22.3 Å². The van der Waals surface area contributed by atoms with Crippen molar-refractivity contribution in [1.82, 2.24) is 0 Å². The fourth-order valence-corrected chi connectivity index (χ4v) is 2.20. The van der Waals surface area contributed by atoms with Gasteiger partial charge in [-0.25, -0.2) is 0 Å². The van der Waals surface area contributed by atoms with Gasteiger partial charge in [-0.1, -0.05) is 62.4 Å². The topological polar surface area (TPSA) is 0 Å². The second-order valence-electron chi connectivity index (χ2n) is 5.11. The monoisotopic (exact) mass is 224 g/mol. The lowest BCUT2D eigenvalue weighted by molar-refractivity contribution is 0.647. The van der Waals surface area contributed by atoms with E-state index in [1.807, 2.05) is 0 Å². The minimum Gasteiger partial charge on any atom is -0.0625 e. The summed E-state index contributed by atoms with van der Waals surface area (Å²) < 4.78 is 0. The Labute approximate surface area is 104 Å². The standard InChI is InChI=1S/C17H20/c1-13(2)11-15-10-9-14(3)17(12-15)16-7-5-4-6-8-16/h4-10,12-13H,11H2,1-3H3. The van der Waals surface area contributed by atoms with Crippen LogP contribution in [0.25, 0.3) is 11.1 Å². The van der Waals surface area contributed by atoms with Crippen LogP contribution < -0.4 is 0 Å². The number of benzene rings is 2. The SMILES string of the molecule is Cc1ccc(CC(C)C)cc1-c1ccccc1. The van der Waals surface area contributed by atoms with Gasteiger partial charge in [0.2, 0.25) is 0 Å². The first kappa shape index (κ1) is 11.9. The molecule has 0 saturated carbocycles. The Kier molecular flexibility index (Phi) is 3.63. The normalized spacial score (nSPS) is 10.8. The van der Waals surface area contributed by atoms with E-state index in [9.17, 15) is 0 Å². The Morgan fingerprint density at radius 2 is 1.65 bits per heavy atom. The fourth-order valence-electron chi connectivity index (χ4n) is 2.20. The molecule has 0 heterocycles. The van der Waals surface area contributed by atoms with Crippen LogP contribution in [0, 0.1) is 12.8 Å². The highest BCUT2D eigenvalue weighted by atomic mass is 14.1. The molecule has 0 fully saturated rings. The number of rotatable bonds is 3. The average Bonchev–Trinajstić information content (AvgIpc) is 2.32. The summed E-state index contributed by atoms with van der Waals surface area (Å²) in [5, 5.41) is 0. The van der Waals surface area contributed by atoms with E-state index in [0.717, 1.165) is 6.42 Å². The molecule has 0 atom stereocenters. The number of aryl methyl sites for hydroxylation is 1. The van der Waals surface area contributed by atoms with Crippen molar-refractivity contribution >= 4 is 0 Å². The number of hydrogen-bond donors (Lipinski definition) is 0. The van der Waals surface area contributed by atoms with E-state index >= 15 is 0 Å². The van der Waals surface area contributed by atoms with E-state index in [4.69, 9.17) is 0 Å². The molecule has 0 nitrogen and oxygen atoms in total. The summed E-state index contributed by atoms with van der Waals surface area (Å²) in [5.41, 5.74) is 5.47. The Balaban J connectivity index is 2.40. The zero-order valence-corrected chi connectivity index (χ0v) is 10.9. The van der Waals surface area contributed by atoms with Crippen molar-refractivity contribution in [2.45, 2.75) is 27.2 Å². The van der Waals surface area contributed by atoms with E-state index in [-0.39, 0.29) is 0 Å². The summed E-state index contributed by atoms with van der Waals surface area (Å²) in [7, 11) is 0. The summed E-state index contributed by atoms with van der Waals surface area (Å²) in [5.74, 6) is 0.710. The first-order valence-corrected chi connectivity index (χ1v) is 6.32. The zero-order chi connectivity index (χ0) is 12.3. The van der Waals surface area contributed by atoms with Crippen LogP contribution in [0.15, 0.2) is 48.5 Å². The molecule has 2 aromatic rings. The maximum Gasteiger partial charge on any atom is -0.0152 e. The third-order valence-corrected chi connectivity index (χ3v) is 3.03. The molecule has 0 bridgehead atoms. The molecule has 0 saturated heterocycles. The minimum absolute atomic E-state index is 0.710. The third kappa shape index (κ3) is 2.97. The maximum atomic E-state index is 2.34. The fraction of sp³-hybridized carbons (Fsp3) is 0.294. The lowest BCUT2D eigenvalue weighted by atomic mass is 9.95. The van der Waals surface area contributed by atoms with Gasteiger partial charge in [0.05, 0.1) is 0 Å². The summed E-state index contributed by atoms with van der Waals surface area (Å²) >= 11 is 0. The molecule has 0 aliphatic heterocycles. The molecule has 0 N–H and O–H groups in total. The van der Waals surface area contributed by atoms with Crippen molar-refractivity contribution < 1.29 is 0 Å². The molecule has 0 spiro atoms. The molecule has 0 heteroatoms. The molecule has 2 aromatic carbocycles. The van der Waals surface area contributed by atoms with Gasteiger partial charge in [0.1, 0.15) is 0 Å². The highest BCUT2D eigenvalue weighted by Gasteiger charge is 2.04. The van der Waals surface area contributed by atoms with E-state index < -0.39 is 0 Å². The molecule has 88 valence electrons. The Hall–Kier alpha value is -1.56. The number of hydrogen-bond acceptors (Lipinski definition) is 0. The van der Waals surface area contributed by atoms with Crippen LogP contribution >= 0.6 is 0 Å². The molecule has 0 aliphatic rings. The van der Waals surface area contributed by atoms with Gasteiger partial charge in [0, 0.05) is 0 Å². The maximum absolute atomic E-state index is 2.34. The first-order valence-electron chi connectivity index (χ1n) is 6.32. The average molecular weight is 224 g/mol. The molecule has 0 amide bonds. The molecule has 2 rings (SSSR count). The van der Waals surface area contributed by atoms with E-state index in [0.29, 0.717) is 5.92 Å². The second kappa shape index (κ2) is 5.18. The van der Waals surface area contributed by atoms with Crippen molar-refractivity contribution in [3.8, 4) is 11.1 Å². The Morgan fingerprint density at radius 3 is 2.29 bits per heavy atom. The molecular formula is C17H20. The van der Waals surface area contributed by atoms with Crippen LogP contribution in [-0.4, -0.2) is 0 Å². The summed E-state index contributed by atoms with van der Waals surface area (Å²) in [6.45, 7) is 6.71. The Bertz CT molecular complexity index is 481. The molecular weight excluding hydrogens is 204 g/mol. The molecule has 0 radical (unpaired) electrons. The molecule has 17 heavy (non-hydrogen) atoms. The summed E-state index contributed by atoms with van der Waals surface area (Å²) in [6.07, 6.45) is 1.15. The lowest BCUT2D eigenvalue weighted by Crippen LogP contribution is -1.95. The van der Waals surface area contributed by atoms with Crippen LogP contribution in [0.4, 0.5) is 0 Å². The summed E-state index contributed by atoms with van der Waals surface area (Å²) in [4.78, 5) is 0. The van der Waals surface area contributed by atoms with Crippen LogP contribution in [0.5, 0.6) is 0 Å². The summed E-state index contributed by atoms with van der Waals surface area (Å²) in [6, 6.07) is 17.5. The zero-order valence-electron chi connectivity index (χ0n) is 10.9. The minimum atomic E-state index is 0.710. The van der Waals surface area contributed by atoms with Crippen molar-refractivity contribution in [2.75, 3.05) is 0 Å². The third-order valence-electron chi connectivity index (χ3n) is 3.03. The highest BCUT2D eigenvalue weighted by molar-refractivity contribution is 5.67. The van der Waals surface area contributed by atoms with E-state index in [1.54, 1.807) is 0 Å². The van der Waals surface area contributed by atoms with Crippen LogP contribution in [0.3, 0.4) is 0 Å². The smallest absolute Gasteiger partial charge is 0.0152 e. The van der Waals surface area contributed by atoms with Gasteiger partial charge in [0.25, 0.3) is 0 Å². The Morgan fingerprint density at radius 1 is 0.941 bits per heavy atom. The van der Waals surface area contributed by atoms with Crippen molar-refractivity contribution in [3.63, 3.8) is 0 Å². The lowest BCUT2D eigenvalue weighted by Gasteiger charge is -2.10. The van der Waals surface area contributed by atoms with Gasteiger partial charge in [-0.05, 0) is 41.5 Å². The van der Waals surface area contributed by atoms with Gasteiger partial charge >= 0.3 is 0 Å². The first-order chi connectivity index (χ1) is 8.16. The predicted molar refractivity (Wildman–Crippen MR) is 75.2 cm³/mol. The quantitative estimate of drug-likeness (QED) is 0.698. The van der Waals surface area contributed by atoms with Gasteiger partial charge in [-0.15, -0.1) is 0 Å². The van der Waals surface area contributed by atoms with Gasteiger partial charge in [-0.2, -0.15) is 0 Å². The van der Waals surface area contributed by atoms with Gasteiger partial charge in [0.15, 0.2) is 0 Å². The molecule has 0 aliphatic carbocycles. The van der Waals surface area contributed by atoms with E-state index in [2.05, 4.69) is 69.3 Å². The van der Waals surface area contributed by atoms with Gasteiger partial charge < -0.3 is 0 Å². The molecule has 0 aromatic heterocycles. The van der Waals surface area contributed by atoms with Crippen LogP contribution in [0.2, 0.25) is 0 Å².